The summed E-state index contributed by atoms with van der Waals surface area (Å²) in [7, 11) is 0. The van der Waals surface area contributed by atoms with Gasteiger partial charge < -0.3 is 15.3 Å². The van der Waals surface area contributed by atoms with Gasteiger partial charge in [0.05, 0.1) is 6.54 Å². The van der Waals surface area contributed by atoms with E-state index in [2.05, 4.69) is 18.2 Å². The summed E-state index contributed by atoms with van der Waals surface area (Å²) >= 11 is 0. The number of rotatable bonds is 6. The molecule has 0 aliphatic heterocycles. The summed E-state index contributed by atoms with van der Waals surface area (Å²) in [6.45, 7) is 4.80. The molecule has 0 aromatic heterocycles. The highest BCUT2D eigenvalue weighted by atomic mass is 16.4. The summed E-state index contributed by atoms with van der Waals surface area (Å²) < 4.78 is 0. The van der Waals surface area contributed by atoms with Gasteiger partial charge in [-0.15, -0.1) is 6.42 Å². The SMILES string of the molecule is C#CCN(CCC)C(=O)NC1(C(=O)O)CCC(CC)CC1. The van der Waals surface area contributed by atoms with Crippen LogP contribution in [0.25, 0.3) is 0 Å². The van der Waals surface area contributed by atoms with Crippen molar-refractivity contribution in [2.75, 3.05) is 13.1 Å². The lowest BCUT2D eigenvalue weighted by Gasteiger charge is -2.38. The highest BCUT2D eigenvalue weighted by Gasteiger charge is 2.43. The number of carboxylic acid groups (broad SMARTS) is 1. The maximum atomic E-state index is 12.3. The Kier molecular flexibility index (Phi) is 6.54. The van der Waals surface area contributed by atoms with E-state index in [1.807, 2.05) is 6.92 Å². The number of nitrogens with zero attached hydrogens (tertiary/aromatic N) is 1. The van der Waals surface area contributed by atoms with Crippen molar-refractivity contribution in [3.05, 3.63) is 0 Å². The number of carbonyl (C=O) groups is 2. The average Bonchev–Trinajstić information content (AvgIpc) is 2.47. The van der Waals surface area contributed by atoms with Gasteiger partial charge >= 0.3 is 12.0 Å². The van der Waals surface area contributed by atoms with Crippen LogP contribution in [0.5, 0.6) is 0 Å². The summed E-state index contributed by atoms with van der Waals surface area (Å²) in [6.07, 6.45) is 9.77. The van der Waals surface area contributed by atoms with Crippen LogP contribution in [0.2, 0.25) is 0 Å². The van der Waals surface area contributed by atoms with Crippen molar-refractivity contribution < 1.29 is 14.7 Å². The Labute approximate surface area is 127 Å². The maximum Gasteiger partial charge on any atom is 0.329 e. The molecule has 0 aromatic rings. The molecular formula is C16H26N2O3. The van der Waals surface area contributed by atoms with Crippen LogP contribution in [0.4, 0.5) is 4.79 Å². The standard InChI is InChI=1S/C16H26N2O3/c1-4-11-18(12-5-2)15(21)17-16(14(19)20)9-7-13(6-3)8-10-16/h1,13H,5-12H2,2-3H3,(H,17,21)(H,19,20). The number of nitrogens with one attached hydrogen (secondary N) is 1. The molecule has 0 heterocycles. The molecule has 0 saturated heterocycles. The number of hydrogen-bond acceptors (Lipinski definition) is 2. The second kappa shape index (κ2) is 7.92. The van der Waals surface area contributed by atoms with Gasteiger partial charge in [-0.3, -0.25) is 0 Å². The van der Waals surface area contributed by atoms with Crippen LogP contribution in [-0.2, 0) is 4.79 Å². The number of urea groups is 1. The molecule has 5 nitrogen and oxygen atoms in total. The summed E-state index contributed by atoms with van der Waals surface area (Å²) in [5.74, 6) is 2.07. The zero-order chi connectivity index (χ0) is 15.9. The number of hydrogen-bond donors (Lipinski definition) is 2. The van der Waals surface area contributed by atoms with Gasteiger partial charge in [0.1, 0.15) is 5.54 Å². The number of amides is 2. The second-order valence-electron chi connectivity index (χ2n) is 5.79. The lowest BCUT2D eigenvalue weighted by molar-refractivity contribution is -0.146. The molecule has 1 fully saturated rings. The third-order valence-electron chi connectivity index (χ3n) is 4.35. The highest BCUT2D eigenvalue weighted by molar-refractivity contribution is 5.86. The Morgan fingerprint density at radius 2 is 2.00 bits per heavy atom. The van der Waals surface area contributed by atoms with Crippen LogP contribution >= 0.6 is 0 Å². The predicted octanol–water partition coefficient (Wildman–Crippen LogP) is 2.46. The van der Waals surface area contributed by atoms with E-state index in [4.69, 9.17) is 6.42 Å². The molecule has 1 aliphatic rings. The van der Waals surface area contributed by atoms with E-state index < -0.39 is 11.5 Å². The number of aliphatic carboxylic acids is 1. The zero-order valence-corrected chi connectivity index (χ0v) is 13.0. The third-order valence-corrected chi connectivity index (χ3v) is 4.35. The monoisotopic (exact) mass is 294 g/mol. The lowest BCUT2D eigenvalue weighted by atomic mass is 9.75. The zero-order valence-electron chi connectivity index (χ0n) is 13.0. The first-order valence-corrected chi connectivity index (χ1v) is 7.73. The molecule has 0 bridgehead atoms. The molecule has 0 aromatic carbocycles. The molecule has 1 rings (SSSR count). The van der Waals surface area contributed by atoms with E-state index >= 15 is 0 Å². The molecule has 0 unspecified atom stereocenters. The molecule has 118 valence electrons. The van der Waals surface area contributed by atoms with Crippen LogP contribution in [0.15, 0.2) is 0 Å². The summed E-state index contributed by atoms with van der Waals surface area (Å²) in [4.78, 5) is 25.5. The first-order chi connectivity index (χ1) is 9.99. The van der Waals surface area contributed by atoms with Crippen molar-refractivity contribution >= 4 is 12.0 Å². The Morgan fingerprint density at radius 3 is 2.43 bits per heavy atom. The van der Waals surface area contributed by atoms with Crippen molar-refractivity contribution in [3.63, 3.8) is 0 Å². The van der Waals surface area contributed by atoms with Crippen molar-refractivity contribution in [2.24, 2.45) is 5.92 Å². The average molecular weight is 294 g/mol. The van der Waals surface area contributed by atoms with Gasteiger partial charge in [-0.1, -0.05) is 26.2 Å². The lowest BCUT2D eigenvalue weighted by Crippen LogP contribution is -2.59. The third kappa shape index (κ3) is 4.38. The van der Waals surface area contributed by atoms with E-state index in [-0.39, 0.29) is 12.6 Å². The van der Waals surface area contributed by atoms with Gasteiger partial charge in [0.25, 0.3) is 0 Å². The molecule has 0 radical (unpaired) electrons. The van der Waals surface area contributed by atoms with E-state index in [0.717, 1.165) is 25.7 Å². The first kappa shape index (κ1) is 17.4. The van der Waals surface area contributed by atoms with Crippen molar-refractivity contribution in [2.45, 2.75) is 57.9 Å². The van der Waals surface area contributed by atoms with Gasteiger partial charge in [0.2, 0.25) is 0 Å². The van der Waals surface area contributed by atoms with Crippen LogP contribution in [0.3, 0.4) is 0 Å². The quantitative estimate of drug-likeness (QED) is 0.739. The van der Waals surface area contributed by atoms with E-state index in [0.29, 0.717) is 25.3 Å². The molecule has 1 aliphatic carbocycles. The Hall–Kier alpha value is -1.70. The maximum absolute atomic E-state index is 12.3. The summed E-state index contributed by atoms with van der Waals surface area (Å²) in [5.41, 5.74) is -1.14. The minimum Gasteiger partial charge on any atom is -0.480 e. The van der Waals surface area contributed by atoms with Gasteiger partial charge in [-0.05, 0) is 38.0 Å². The molecule has 1 saturated carbocycles. The fourth-order valence-corrected chi connectivity index (χ4v) is 2.89. The topological polar surface area (TPSA) is 69.6 Å². The van der Waals surface area contributed by atoms with Gasteiger partial charge in [-0.2, -0.15) is 0 Å². The fraction of sp³-hybridized carbons (Fsp3) is 0.750. The second-order valence-corrected chi connectivity index (χ2v) is 5.79. The molecule has 0 atom stereocenters. The van der Waals surface area contributed by atoms with Gasteiger partial charge in [-0.25, -0.2) is 9.59 Å². The molecule has 2 amide bonds. The summed E-state index contributed by atoms with van der Waals surface area (Å²) in [6, 6.07) is -0.368. The van der Waals surface area contributed by atoms with E-state index in [9.17, 15) is 14.7 Å². The van der Waals surface area contributed by atoms with Crippen LogP contribution < -0.4 is 5.32 Å². The largest absolute Gasteiger partial charge is 0.480 e. The minimum atomic E-state index is -1.14. The predicted molar refractivity (Wildman–Crippen MR) is 81.8 cm³/mol. The van der Waals surface area contributed by atoms with Crippen molar-refractivity contribution in [1.82, 2.24) is 10.2 Å². The van der Waals surface area contributed by atoms with E-state index in [1.165, 1.54) is 4.90 Å². The highest BCUT2D eigenvalue weighted by Crippen LogP contribution is 2.34. The van der Waals surface area contributed by atoms with Crippen LogP contribution in [0.1, 0.15) is 52.4 Å². The van der Waals surface area contributed by atoms with Gasteiger partial charge in [0, 0.05) is 6.54 Å². The smallest absolute Gasteiger partial charge is 0.329 e. The van der Waals surface area contributed by atoms with Gasteiger partial charge in [0.15, 0.2) is 0 Å². The number of terminal acetylenes is 1. The molecule has 0 spiro atoms. The molecular weight excluding hydrogens is 268 g/mol. The first-order valence-electron chi connectivity index (χ1n) is 7.73. The van der Waals surface area contributed by atoms with Crippen LogP contribution in [0, 0.1) is 18.3 Å². The molecule has 2 N–H and O–H groups in total. The molecule has 5 heteroatoms. The Balaban J connectivity index is 2.77. The number of carbonyl (C=O) groups excluding carboxylic acids is 1. The normalized spacial score (nSPS) is 24.9. The van der Waals surface area contributed by atoms with Crippen LogP contribution in [-0.4, -0.2) is 40.6 Å². The Bertz CT molecular complexity index is 406. The number of carboxylic acids is 1. The fourth-order valence-electron chi connectivity index (χ4n) is 2.89. The van der Waals surface area contributed by atoms with E-state index in [1.54, 1.807) is 0 Å². The van der Waals surface area contributed by atoms with Crippen molar-refractivity contribution in [3.8, 4) is 12.3 Å². The van der Waals surface area contributed by atoms with Crippen molar-refractivity contribution in [1.29, 1.82) is 0 Å². The Morgan fingerprint density at radius 1 is 1.38 bits per heavy atom. The molecule has 21 heavy (non-hydrogen) atoms. The minimum absolute atomic E-state index is 0.201. The summed E-state index contributed by atoms with van der Waals surface area (Å²) in [5, 5.41) is 12.3.